The predicted molar refractivity (Wildman–Crippen MR) is 68.8 cm³/mol. The Morgan fingerprint density at radius 1 is 1.29 bits per heavy atom. The summed E-state index contributed by atoms with van der Waals surface area (Å²) < 4.78 is 31.7. The standard InChI is InChI=1S/C12H12O2.C2HF3O2/c1-8-10(7-13)3-2-9-6-11(14)4-5-12(8)9;3-2(4,5)1(6)7/h4-7,14H,2-3H2,1H3;(H,6,7). The summed E-state index contributed by atoms with van der Waals surface area (Å²) in [5.41, 5.74) is 4.15. The van der Waals surface area contributed by atoms with E-state index in [1.807, 2.05) is 13.0 Å². The summed E-state index contributed by atoms with van der Waals surface area (Å²) in [5, 5.41) is 16.4. The van der Waals surface area contributed by atoms with Gasteiger partial charge in [-0.1, -0.05) is 6.07 Å². The number of phenols is 1. The lowest BCUT2D eigenvalue weighted by Gasteiger charge is -2.18. The highest BCUT2D eigenvalue weighted by molar-refractivity contribution is 5.89. The third-order valence-electron chi connectivity index (χ3n) is 3.02. The summed E-state index contributed by atoms with van der Waals surface area (Å²) in [5.74, 6) is -2.46. The first-order valence-corrected chi connectivity index (χ1v) is 5.94. The minimum atomic E-state index is -5.08. The Balaban J connectivity index is 0.000000270. The van der Waals surface area contributed by atoms with E-state index in [1.165, 1.54) is 0 Å². The van der Waals surface area contributed by atoms with Crippen LogP contribution >= 0.6 is 0 Å². The Kier molecular flexibility index (Phi) is 5.12. The van der Waals surface area contributed by atoms with Crippen LogP contribution < -0.4 is 0 Å². The van der Waals surface area contributed by atoms with E-state index in [9.17, 15) is 23.1 Å². The number of rotatable bonds is 1. The number of aromatic hydroxyl groups is 1. The van der Waals surface area contributed by atoms with Crippen LogP contribution in [0.5, 0.6) is 5.75 Å². The highest BCUT2D eigenvalue weighted by Crippen LogP contribution is 2.31. The molecule has 4 nitrogen and oxygen atoms in total. The van der Waals surface area contributed by atoms with Crippen molar-refractivity contribution in [1.82, 2.24) is 0 Å². The zero-order valence-corrected chi connectivity index (χ0v) is 11.1. The smallest absolute Gasteiger partial charge is 0.490 e. The molecule has 1 aromatic carbocycles. The molecule has 2 rings (SSSR count). The number of aldehydes is 1. The fraction of sp³-hybridized carbons (Fsp3) is 0.286. The zero-order valence-electron chi connectivity index (χ0n) is 11.1. The number of hydrogen-bond donors (Lipinski definition) is 2. The molecule has 0 saturated heterocycles. The van der Waals surface area contributed by atoms with E-state index in [2.05, 4.69) is 0 Å². The summed E-state index contributed by atoms with van der Waals surface area (Å²) in [7, 11) is 0. The number of halogens is 3. The molecule has 0 bridgehead atoms. The Bertz CT molecular complexity index is 588. The van der Waals surface area contributed by atoms with E-state index < -0.39 is 12.1 Å². The molecule has 1 aliphatic carbocycles. The van der Waals surface area contributed by atoms with Crippen LogP contribution in [0.1, 0.15) is 24.5 Å². The summed E-state index contributed by atoms with van der Waals surface area (Å²) >= 11 is 0. The molecule has 0 radical (unpaired) electrons. The summed E-state index contributed by atoms with van der Waals surface area (Å²) in [4.78, 5) is 19.6. The number of aliphatic carboxylic acids is 1. The van der Waals surface area contributed by atoms with E-state index >= 15 is 0 Å². The second-order valence-electron chi connectivity index (χ2n) is 4.41. The average molecular weight is 302 g/mol. The van der Waals surface area contributed by atoms with Gasteiger partial charge in [-0.25, -0.2) is 4.79 Å². The van der Waals surface area contributed by atoms with Crippen LogP contribution in [0.15, 0.2) is 23.8 Å². The number of aryl methyl sites for hydroxylation is 1. The Labute approximate surface area is 118 Å². The van der Waals surface area contributed by atoms with E-state index in [0.717, 1.165) is 41.4 Å². The van der Waals surface area contributed by atoms with Gasteiger partial charge >= 0.3 is 12.1 Å². The normalized spacial score (nSPS) is 13.9. The maximum atomic E-state index is 10.7. The van der Waals surface area contributed by atoms with Crippen LogP contribution in [0.25, 0.3) is 5.57 Å². The second-order valence-corrected chi connectivity index (χ2v) is 4.41. The van der Waals surface area contributed by atoms with Gasteiger partial charge in [-0.3, -0.25) is 4.79 Å². The third kappa shape index (κ3) is 4.34. The highest BCUT2D eigenvalue weighted by atomic mass is 19.4. The maximum absolute atomic E-state index is 10.7. The van der Waals surface area contributed by atoms with Crippen LogP contribution in [-0.2, 0) is 16.0 Å². The van der Waals surface area contributed by atoms with Crippen LogP contribution in [0.3, 0.4) is 0 Å². The lowest BCUT2D eigenvalue weighted by atomic mass is 9.87. The number of hydrogen-bond acceptors (Lipinski definition) is 3. The number of allylic oxidation sites excluding steroid dienone is 2. The van der Waals surface area contributed by atoms with Gasteiger partial charge in [0.25, 0.3) is 0 Å². The number of fused-ring (bicyclic) bond motifs is 1. The van der Waals surface area contributed by atoms with Crippen molar-refractivity contribution >= 4 is 17.8 Å². The number of carbonyl (C=O) groups excluding carboxylic acids is 1. The molecule has 1 aromatic rings. The van der Waals surface area contributed by atoms with E-state index in [1.54, 1.807) is 12.1 Å². The number of alkyl halides is 3. The Hall–Kier alpha value is -2.31. The first kappa shape index (κ1) is 16.7. The number of phenolic OH excluding ortho intramolecular Hbond substituents is 1. The topological polar surface area (TPSA) is 74.6 Å². The molecule has 7 heteroatoms. The number of carboxylic acids is 1. The SMILES string of the molecule is CC1=C(C=O)CCc2cc(O)ccc21.O=C(O)C(F)(F)F. The van der Waals surface area contributed by atoms with Gasteiger partial charge in [-0.2, -0.15) is 13.2 Å². The lowest BCUT2D eigenvalue weighted by molar-refractivity contribution is -0.192. The zero-order chi connectivity index (χ0) is 16.2. The molecule has 0 unspecified atom stereocenters. The third-order valence-corrected chi connectivity index (χ3v) is 3.02. The van der Waals surface area contributed by atoms with Gasteiger partial charge in [0.1, 0.15) is 12.0 Å². The lowest BCUT2D eigenvalue weighted by Crippen LogP contribution is -2.21. The molecule has 0 fully saturated rings. The van der Waals surface area contributed by atoms with Gasteiger partial charge in [0, 0.05) is 0 Å². The van der Waals surface area contributed by atoms with Crippen LogP contribution in [-0.4, -0.2) is 28.6 Å². The van der Waals surface area contributed by atoms with Crippen molar-refractivity contribution in [3.63, 3.8) is 0 Å². The summed E-state index contributed by atoms with van der Waals surface area (Å²) in [6, 6.07) is 5.32. The fourth-order valence-corrected chi connectivity index (χ4v) is 1.93. The van der Waals surface area contributed by atoms with Crippen LogP contribution in [0.4, 0.5) is 13.2 Å². The molecule has 0 heterocycles. The molecular weight excluding hydrogens is 289 g/mol. The van der Waals surface area contributed by atoms with Gasteiger partial charge in [-0.15, -0.1) is 0 Å². The number of carboxylic acid groups (broad SMARTS) is 1. The molecule has 1 aliphatic rings. The fourth-order valence-electron chi connectivity index (χ4n) is 1.93. The predicted octanol–water partition coefficient (Wildman–Crippen LogP) is 2.94. The number of carbonyl (C=O) groups is 2. The van der Waals surface area contributed by atoms with Crippen molar-refractivity contribution in [3.8, 4) is 5.75 Å². The van der Waals surface area contributed by atoms with Gasteiger partial charge in [0.2, 0.25) is 0 Å². The van der Waals surface area contributed by atoms with Crippen molar-refractivity contribution in [1.29, 1.82) is 0 Å². The quantitative estimate of drug-likeness (QED) is 0.782. The largest absolute Gasteiger partial charge is 0.508 e. The van der Waals surface area contributed by atoms with Crippen LogP contribution in [0, 0.1) is 0 Å². The molecule has 0 spiro atoms. The minimum Gasteiger partial charge on any atom is -0.508 e. The van der Waals surface area contributed by atoms with E-state index in [4.69, 9.17) is 9.90 Å². The van der Waals surface area contributed by atoms with Gasteiger partial charge in [0.15, 0.2) is 0 Å². The van der Waals surface area contributed by atoms with Crippen LogP contribution in [0.2, 0.25) is 0 Å². The molecule has 21 heavy (non-hydrogen) atoms. The molecule has 2 N–H and O–H groups in total. The summed E-state index contributed by atoms with van der Waals surface area (Å²) in [6.45, 7) is 1.96. The molecule has 0 amide bonds. The first-order valence-electron chi connectivity index (χ1n) is 5.94. The minimum absolute atomic E-state index is 0.297. The van der Waals surface area contributed by atoms with Gasteiger partial charge in [-0.05, 0) is 54.2 Å². The van der Waals surface area contributed by atoms with Gasteiger partial charge < -0.3 is 10.2 Å². The van der Waals surface area contributed by atoms with E-state index in [0.29, 0.717) is 5.75 Å². The van der Waals surface area contributed by atoms with Gasteiger partial charge in [0.05, 0.1) is 0 Å². The number of benzene rings is 1. The first-order chi connectivity index (χ1) is 9.66. The monoisotopic (exact) mass is 302 g/mol. The molecule has 114 valence electrons. The molecule has 0 atom stereocenters. The van der Waals surface area contributed by atoms with E-state index in [-0.39, 0.29) is 0 Å². The van der Waals surface area contributed by atoms with Crippen molar-refractivity contribution in [2.24, 2.45) is 0 Å². The average Bonchev–Trinajstić information content (AvgIpc) is 2.38. The summed E-state index contributed by atoms with van der Waals surface area (Å²) in [6.07, 6.45) is -2.52. The van der Waals surface area contributed by atoms with Crippen molar-refractivity contribution in [2.45, 2.75) is 25.9 Å². The van der Waals surface area contributed by atoms with Crippen molar-refractivity contribution in [2.75, 3.05) is 0 Å². The second kappa shape index (κ2) is 6.43. The highest BCUT2D eigenvalue weighted by Gasteiger charge is 2.38. The molecule has 0 aliphatic heterocycles. The van der Waals surface area contributed by atoms with Crippen molar-refractivity contribution in [3.05, 3.63) is 34.9 Å². The molecule has 0 saturated carbocycles. The Morgan fingerprint density at radius 3 is 2.33 bits per heavy atom. The van der Waals surface area contributed by atoms with Crippen molar-refractivity contribution < 1.29 is 33.0 Å². The molecule has 0 aromatic heterocycles. The molecular formula is C14H13F3O4. The Morgan fingerprint density at radius 2 is 1.86 bits per heavy atom. The maximum Gasteiger partial charge on any atom is 0.490 e.